The second-order valence-corrected chi connectivity index (χ2v) is 5.18. The molecule has 0 aliphatic rings. The lowest BCUT2D eigenvalue weighted by molar-refractivity contribution is 0.953. The van der Waals surface area contributed by atoms with E-state index < -0.39 is 0 Å². The van der Waals surface area contributed by atoms with Crippen molar-refractivity contribution >= 4 is 35.1 Å². The number of halogens is 2. The summed E-state index contributed by atoms with van der Waals surface area (Å²) in [5.41, 5.74) is 0.723. The molecule has 0 saturated heterocycles. The Labute approximate surface area is 128 Å². The molecule has 0 unspecified atom stereocenters. The van der Waals surface area contributed by atoms with Crippen LogP contribution < -0.4 is 10.2 Å². The fourth-order valence-corrected chi connectivity index (χ4v) is 2.09. The van der Waals surface area contributed by atoms with Crippen molar-refractivity contribution in [3.8, 4) is 11.4 Å². The Morgan fingerprint density at radius 1 is 1.15 bits per heavy atom. The molecule has 0 aliphatic heterocycles. The molecule has 0 aliphatic carbocycles. The highest BCUT2D eigenvalue weighted by molar-refractivity contribution is 6.36. The van der Waals surface area contributed by atoms with Gasteiger partial charge in [-0.2, -0.15) is 15.0 Å². The van der Waals surface area contributed by atoms with Crippen molar-refractivity contribution < 1.29 is 0 Å². The molecule has 0 fully saturated rings. The summed E-state index contributed by atoms with van der Waals surface area (Å²) in [5, 5.41) is 4.17. The molecule has 20 heavy (non-hydrogen) atoms. The minimum atomic E-state index is 0.510. The Morgan fingerprint density at radius 3 is 2.50 bits per heavy atom. The molecule has 1 N–H and O–H groups in total. The maximum absolute atomic E-state index is 6.21. The summed E-state index contributed by atoms with van der Waals surface area (Å²) in [6.07, 6.45) is 0. The van der Waals surface area contributed by atoms with E-state index in [2.05, 4.69) is 20.3 Å². The van der Waals surface area contributed by atoms with E-state index in [1.165, 1.54) is 0 Å². The van der Waals surface area contributed by atoms with Crippen molar-refractivity contribution in [1.82, 2.24) is 15.0 Å². The van der Waals surface area contributed by atoms with Crippen LogP contribution in [0.1, 0.15) is 6.92 Å². The van der Waals surface area contributed by atoms with Gasteiger partial charge in [-0.15, -0.1) is 0 Å². The fourth-order valence-electron chi connectivity index (χ4n) is 1.59. The topological polar surface area (TPSA) is 53.9 Å². The van der Waals surface area contributed by atoms with Gasteiger partial charge in [0.05, 0.1) is 5.02 Å². The molecule has 2 rings (SSSR count). The summed E-state index contributed by atoms with van der Waals surface area (Å²) in [4.78, 5) is 14.9. The van der Waals surface area contributed by atoms with Crippen LogP contribution in [-0.2, 0) is 0 Å². The minimum Gasteiger partial charge on any atom is -0.354 e. The molecule has 0 spiro atoms. The molecule has 0 bridgehead atoms. The fraction of sp³-hybridized carbons (Fsp3) is 0.308. The molecule has 2 aromatic rings. The van der Waals surface area contributed by atoms with E-state index in [4.69, 9.17) is 23.2 Å². The lowest BCUT2D eigenvalue weighted by atomic mass is 10.2. The number of hydrogen-bond acceptors (Lipinski definition) is 5. The Balaban J connectivity index is 2.54. The van der Waals surface area contributed by atoms with Gasteiger partial charge in [0.15, 0.2) is 5.82 Å². The predicted molar refractivity (Wildman–Crippen MR) is 83.8 cm³/mol. The first-order valence-electron chi connectivity index (χ1n) is 6.14. The van der Waals surface area contributed by atoms with E-state index in [9.17, 15) is 0 Å². The summed E-state index contributed by atoms with van der Waals surface area (Å²) in [6, 6.07) is 5.23. The van der Waals surface area contributed by atoms with Crippen molar-refractivity contribution in [3.63, 3.8) is 0 Å². The van der Waals surface area contributed by atoms with Gasteiger partial charge >= 0.3 is 0 Å². The Morgan fingerprint density at radius 2 is 1.90 bits per heavy atom. The third kappa shape index (κ3) is 3.29. The van der Waals surface area contributed by atoms with Crippen LogP contribution >= 0.6 is 23.2 Å². The first-order valence-corrected chi connectivity index (χ1v) is 6.89. The molecule has 7 heteroatoms. The number of nitrogens with zero attached hydrogens (tertiary/aromatic N) is 4. The number of aromatic nitrogens is 3. The quantitative estimate of drug-likeness (QED) is 0.938. The molecule has 1 heterocycles. The van der Waals surface area contributed by atoms with Crippen molar-refractivity contribution in [1.29, 1.82) is 0 Å². The summed E-state index contributed by atoms with van der Waals surface area (Å²) in [5.74, 6) is 1.60. The van der Waals surface area contributed by atoms with Gasteiger partial charge in [0.2, 0.25) is 11.9 Å². The highest BCUT2D eigenvalue weighted by Gasteiger charge is 2.12. The van der Waals surface area contributed by atoms with Gasteiger partial charge in [-0.05, 0) is 25.1 Å². The zero-order chi connectivity index (χ0) is 14.7. The first kappa shape index (κ1) is 14.8. The minimum absolute atomic E-state index is 0.510. The van der Waals surface area contributed by atoms with Gasteiger partial charge in [0, 0.05) is 31.2 Å². The largest absolute Gasteiger partial charge is 0.354 e. The van der Waals surface area contributed by atoms with Gasteiger partial charge in [-0.1, -0.05) is 23.2 Å². The van der Waals surface area contributed by atoms with Crippen LogP contribution in [0.5, 0.6) is 0 Å². The SMILES string of the molecule is CCNc1nc(-c2ccc(Cl)cc2Cl)nc(N(C)C)n1. The number of anilines is 2. The predicted octanol–water partition coefficient (Wildman–Crippen LogP) is 3.34. The zero-order valence-corrected chi connectivity index (χ0v) is 13.0. The number of rotatable bonds is 4. The van der Waals surface area contributed by atoms with E-state index in [1.54, 1.807) is 18.2 Å². The van der Waals surface area contributed by atoms with Crippen LogP contribution in [0, 0.1) is 0 Å². The molecule has 5 nitrogen and oxygen atoms in total. The molecule has 106 valence electrons. The summed E-state index contributed by atoms with van der Waals surface area (Å²) in [7, 11) is 3.75. The van der Waals surface area contributed by atoms with Crippen molar-refractivity contribution in [2.24, 2.45) is 0 Å². The molecule has 1 aromatic heterocycles. The third-order valence-electron chi connectivity index (χ3n) is 2.53. The van der Waals surface area contributed by atoms with E-state index >= 15 is 0 Å². The smallest absolute Gasteiger partial charge is 0.230 e. The van der Waals surface area contributed by atoms with Crippen LogP contribution in [0.25, 0.3) is 11.4 Å². The van der Waals surface area contributed by atoms with E-state index in [-0.39, 0.29) is 0 Å². The van der Waals surface area contributed by atoms with Crippen molar-refractivity contribution in [3.05, 3.63) is 28.2 Å². The normalized spacial score (nSPS) is 10.4. The van der Waals surface area contributed by atoms with Gasteiger partial charge in [-0.25, -0.2) is 0 Å². The average molecular weight is 312 g/mol. The second-order valence-electron chi connectivity index (χ2n) is 4.33. The molecule has 0 amide bonds. The Hall–Kier alpha value is -1.59. The number of benzene rings is 1. The first-order chi connectivity index (χ1) is 9.51. The van der Waals surface area contributed by atoms with Crippen LogP contribution in [0.15, 0.2) is 18.2 Å². The molecular weight excluding hydrogens is 297 g/mol. The van der Waals surface area contributed by atoms with Gasteiger partial charge in [0.1, 0.15) is 0 Å². The average Bonchev–Trinajstić information content (AvgIpc) is 2.38. The van der Waals surface area contributed by atoms with E-state index in [1.807, 2.05) is 25.9 Å². The number of hydrogen-bond donors (Lipinski definition) is 1. The van der Waals surface area contributed by atoms with Gasteiger partial charge in [-0.3, -0.25) is 0 Å². The molecular formula is C13H15Cl2N5. The number of nitrogens with one attached hydrogen (secondary N) is 1. The van der Waals surface area contributed by atoms with Crippen LogP contribution in [0.3, 0.4) is 0 Å². The van der Waals surface area contributed by atoms with Crippen molar-refractivity contribution in [2.45, 2.75) is 6.92 Å². The van der Waals surface area contributed by atoms with E-state index in [0.29, 0.717) is 27.8 Å². The zero-order valence-electron chi connectivity index (χ0n) is 11.5. The second kappa shape index (κ2) is 6.24. The lowest BCUT2D eigenvalue weighted by Crippen LogP contribution is -2.15. The highest BCUT2D eigenvalue weighted by atomic mass is 35.5. The maximum atomic E-state index is 6.21. The van der Waals surface area contributed by atoms with Crippen molar-refractivity contribution in [2.75, 3.05) is 30.9 Å². The monoisotopic (exact) mass is 311 g/mol. The Kier molecular flexibility index (Phi) is 4.62. The van der Waals surface area contributed by atoms with Crippen LogP contribution in [0.2, 0.25) is 10.0 Å². The Bertz CT molecular complexity index is 616. The summed E-state index contributed by atoms with van der Waals surface area (Å²) >= 11 is 12.1. The molecule has 0 saturated carbocycles. The third-order valence-corrected chi connectivity index (χ3v) is 3.08. The molecule has 0 radical (unpaired) electrons. The van der Waals surface area contributed by atoms with Crippen LogP contribution in [-0.4, -0.2) is 35.6 Å². The highest BCUT2D eigenvalue weighted by Crippen LogP contribution is 2.29. The van der Waals surface area contributed by atoms with Gasteiger partial charge in [0.25, 0.3) is 0 Å². The summed E-state index contributed by atoms with van der Waals surface area (Å²) in [6.45, 7) is 2.71. The molecule has 0 atom stereocenters. The standard InChI is InChI=1S/C13H15Cl2N5/c1-4-16-12-17-11(18-13(19-12)20(2)3)9-6-5-8(14)7-10(9)15/h5-7H,4H2,1-3H3,(H,16,17,18,19). The maximum Gasteiger partial charge on any atom is 0.230 e. The summed E-state index contributed by atoms with van der Waals surface area (Å²) < 4.78 is 0. The molecule has 1 aromatic carbocycles. The van der Waals surface area contributed by atoms with Gasteiger partial charge < -0.3 is 10.2 Å². The lowest BCUT2D eigenvalue weighted by Gasteiger charge is -2.13. The van der Waals surface area contributed by atoms with Crippen LogP contribution in [0.4, 0.5) is 11.9 Å². The van der Waals surface area contributed by atoms with E-state index in [0.717, 1.165) is 12.1 Å².